The third-order valence-corrected chi connectivity index (χ3v) is 11.1. The van der Waals surface area contributed by atoms with E-state index in [0.29, 0.717) is 50.1 Å². The monoisotopic (exact) mass is 936 g/mol. The number of benzene rings is 6. The van der Waals surface area contributed by atoms with Crippen molar-refractivity contribution >= 4 is 44.0 Å². The summed E-state index contributed by atoms with van der Waals surface area (Å²) in [5.41, 5.74) is -0.316. The summed E-state index contributed by atoms with van der Waals surface area (Å²) in [6, 6.07) is 27.4. The molecule has 12 nitrogen and oxygen atoms in total. The Morgan fingerprint density at radius 2 is 0.970 bits per heavy atom. The smallest absolute Gasteiger partial charge is 0.508 e. The summed E-state index contributed by atoms with van der Waals surface area (Å²) in [6.45, 7) is 14.4. The van der Waals surface area contributed by atoms with Crippen LogP contribution in [0.3, 0.4) is 0 Å². The Labute approximate surface area is 382 Å². The normalized spacial score (nSPS) is 12.2. The predicted octanol–water partition coefficient (Wildman–Crippen LogP) is 11.6. The summed E-state index contributed by atoms with van der Waals surface area (Å²) in [5, 5.41) is 11.1. The van der Waals surface area contributed by atoms with E-state index in [2.05, 4.69) is 4.18 Å². The number of phenols is 1. The van der Waals surface area contributed by atoms with E-state index in [-0.39, 0.29) is 33.9 Å². The van der Waals surface area contributed by atoms with Gasteiger partial charge in [-0.2, -0.15) is 21.6 Å². The van der Waals surface area contributed by atoms with Gasteiger partial charge in [-0.1, -0.05) is 12.1 Å². The molecular weight excluding hydrogens is 894 g/mol. The molecule has 2 heterocycles. The van der Waals surface area contributed by atoms with E-state index in [9.17, 15) is 45.9 Å². The highest BCUT2D eigenvalue weighted by atomic mass is 32.2. The Bertz CT molecular complexity index is 3430. The van der Waals surface area contributed by atoms with Crippen LogP contribution in [0.4, 0.5) is 13.2 Å². The summed E-state index contributed by atoms with van der Waals surface area (Å²) in [6.07, 6.45) is 0. The quantitative estimate of drug-likeness (QED) is 0.0723. The largest absolute Gasteiger partial charge is 0.534 e. The van der Waals surface area contributed by atoms with Gasteiger partial charge < -0.3 is 27.6 Å². The lowest BCUT2D eigenvalue weighted by molar-refractivity contribution is -0.0500. The molecule has 0 unspecified atom stereocenters. The number of rotatable bonds is 6. The van der Waals surface area contributed by atoms with Crippen molar-refractivity contribution in [2.24, 2.45) is 0 Å². The van der Waals surface area contributed by atoms with Crippen LogP contribution >= 0.6 is 0 Å². The van der Waals surface area contributed by atoms with Gasteiger partial charge >= 0.3 is 27.6 Å². The first-order chi connectivity index (χ1) is 31.2. The Kier molecular flexibility index (Phi) is 12.3. The maximum absolute atomic E-state index is 12.8. The number of aromatic hydroxyl groups is 1. The maximum atomic E-state index is 12.8. The fraction of sp³-hybridized carbons (Fsp3) is 0.216. The molecule has 1 N–H and O–H groups in total. The molecule has 0 spiro atoms. The minimum atomic E-state index is -5.90. The minimum absolute atomic E-state index is 0.0152. The molecular formula is C51H43F3O12S. The Morgan fingerprint density at radius 3 is 1.39 bits per heavy atom. The molecule has 2 aliphatic heterocycles. The summed E-state index contributed by atoms with van der Waals surface area (Å²) in [4.78, 5) is 48.9. The Balaban J connectivity index is 0.000000203. The fourth-order valence-corrected chi connectivity index (χ4v) is 7.78. The van der Waals surface area contributed by atoms with Crippen molar-refractivity contribution in [1.82, 2.24) is 0 Å². The molecule has 0 saturated carbocycles. The molecule has 0 radical (unpaired) electrons. The highest BCUT2D eigenvalue weighted by Gasteiger charge is 2.48. The van der Waals surface area contributed by atoms with E-state index >= 15 is 0 Å². The fourth-order valence-electron chi connectivity index (χ4n) is 7.33. The van der Waals surface area contributed by atoms with Gasteiger partial charge in [-0.25, -0.2) is 9.59 Å². The molecule has 0 fully saturated rings. The molecule has 8 rings (SSSR count). The number of carbonyl (C=O) groups excluding carboxylic acids is 2. The molecule has 346 valence electrons. The zero-order chi connectivity index (χ0) is 49.0. The molecule has 0 bridgehead atoms. The van der Waals surface area contributed by atoms with Crippen molar-refractivity contribution in [3.05, 3.63) is 152 Å². The van der Waals surface area contributed by atoms with Crippen LogP contribution in [0.2, 0.25) is 0 Å². The lowest BCUT2D eigenvalue weighted by Crippen LogP contribution is -2.28. The van der Waals surface area contributed by atoms with Crippen molar-refractivity contribution in [2.45, 2.75) is 72.1 Å². The zero-order valence-corrected chi connectivity index (χ0v) is 38.2. The van der Waals surface area contributed by atoms with Gasteiger partial charge in [-0.15, -0.1) is 0 Å². The van der Waals surface area contributed by atoms with Crippen LogP contribution < -0.4 is 15.0 Å². The number of halogens is 3. The van der Waals surface area contributed by atoms with Crippen LogP contribution in [0, 0.1) is 13.8 Å². The number of carbonyl (C=O) groups is 2. The van der Waals surface area contributed by atoms with Gasteiger partial charge in [0.05, 0.1) is 11.1 Å². The van der Waals surface area contributed by atoms with Crippen LogP contribution in [0.15, 0.2) is 128 Å². The molecule has 0 atom stereocenters. The van der Waals surface area contributed by atoms with Gasteiger partial charge in [-0.3, -0.25) is 9.59 Å². The van der Waals surface area contributed by atoms with Gasteiger partial charge in [0, 0.05) is 57.3 Å². The van der Waals surface area contributed by atoms with Gasteiger partial charge in [0.15, 0.2) is 10.9 Å². The SMILES string of the molecule is Cc1cc(C(=O)OC(C)(C)C)ccc1-c1c2ccc(=O)cc-2oc2cc(O)ccc12.Cc1cc(C(=O)OC(C)(C)C)ccc1-c1c2ccc(=O)cc-2oc2cc(OS(=O)(=O)C(F)(F)F)ccc12. The van der Waals surface area contributed by atoms with Crippen molar-refractivity contribution in [1.29, 1.82) is 0 Å². The summed E-state index contributed by atoms with van der Waals surface area (Å²) >= 11 is 0. The summed E-state index contributed by atoms with van der Waals surface area (Å²) < 4.78 is 88.1. The number of hydrogen-bond donors (Lipinski definition) is 1. The lowest BCUT2D eigenvalue weighted by Gasteiger charge is -2.20. The van der Waals surface area contributed by atoms with E-state index in [1.807, 2.05) is 33.8 Å². The van der Waals surface area contributed by atoms with E-state index in [1.54, 1.807) is 82.3 Å². The van der Waals surface area contributed by atoms with Gasteiger partial charge in [0.1, 0.15) is 45.4 Å². The van der Waals surface area contributed by atoms with Gasteiger partial charge in [-0.05, 0) is 150 Å². The molecule has 4 aromatic carbocycles. The summed E-state index contributed by atoms with van der Waals surface area (Å²) in [5.74, 6) is -0.868. The highest BCUT2D eigenvalue weighted by molar-refractivity contribution is 7.88. The predicted molar refractivity (Wildman–Crippen MR) is 246 cm³/mol. The lowest BCUT2D eigenvalue weighted by atomic mass is 9.90. The molecule has 2 aliphatic carbocycles. The van der Waals surface area contributed by atoms with Crippen molar-refractivity contribution in [2.75, 3.05) is 0 Å². The first-order valence-electron chi connectivity index (χ1n) is 20.6. The molecule has 4 aliphatic rings. The standard InChI is InChI=1S/C26H21F3O7S.C25H22O5/c1-14-11-15(24(31)35-25(2,3)4)5-8-18(14)23-19-9-6-16(30)12-21(19)34-22-13-17(7-10-20(22)23)36-37(32,33)26(27,28)29;1-14-11-15(24(28)30-25(2,3)4)5-8-18(14)23-19-9-6-16(26)12-21(19)29-22-13-17(27)7-10-20(22)23/h5-13H,1-4H3;5-13,26H,1-4H3. The van der Waals surface area contributed by atoms with Crippen LogP contribution in [-0.2, 0) is 19.6 Å². The van der Waals surface area contributed by atoms with Gasteiger partial charge in [0.2, 0.25) is 0 Å². The van der Waals surface area contributed by atoms with E-state index in [0.717, 1.165) is 39.8 Å². The second-order valence-corrected chi connectivity index (χ2v) is 19.2. The summed E-state index contributed by atoms with van der Waals surface area (Å²) in [7, 11) is -5.90. The number of ether oxygens (including phenoxy) is 2. The van der Waals surface area contributed by atoms with E-state index in [1.165, 1.54) is 36.4 Å². The number of fused-ring (bicyclic) bond motifs is 4. The van der Waals surface area contributed by atoms with Crippen LogP contribution in [0.1, 0.15) is 73.4 Å². The van der Waals surface area contributed by atoms with E-state index in [4.69, 9.17) is 18.3 Å². The molecule has 0 aromatic heterocycles. The molecule has 0 saturated heterocycles. The van der Waals surface area contributed by atoms with Crippen molar-refractivity contribution in [3.63, 3.8) is 0 Å². The molecule has 67 heavy (non-hydrogen) atoms. The Morgan fingerprint density at radius 1 is 0.552 bits per heavy atom. The van der Waals surface area contributed by atoms with E-state index < -0.39 is 38.5 Å². The van der Waals surface area contributed by atoms with Gasteiger partial charge in [0.25, 0.3) is 0 Å². The average molecular weight is 937 g/mol. The molecule has 16 heteroatoms. The van der Waals surface area contributed by atoms with Crippen LogP contribution in [0.5, 0.6) is 11.5 Å². The highest BCUT2D eigenvalue weighted by Crippen LogP contribution is 2.44. The third-order valence-electron chi connectivity index (χ3n) is 10.1. The third kappa shape index (κ3) is 10.3. The van der Waals surface area contributed by atoms with Crippen molar-refractivity contribution in [3.8, 4) is 56.4 Å². The number of phenolic OH excluding ortho intramolecular Hbond substituents is 1. The number of esters is 2. The van der Waals surface area contributed by atoms with Crippen LogP contribution in [-0.4, -0.2) is 42.2 Å². The number of hydrogen-bond acceptors (Lipinski definition) is 12. The topological polar surface area (TPSA) is 177 Å². The second-order valence-electron chi connectivity index (χ2n) is 17.7. The van der Waals surface area contributed by atoms with Crippen molar-refractivity contribution < 1.29 is 58.8 Å². The molecule has 0 amide bonds. The number of alkyl halides is 3. The molecule has 4 aromatic rings. The average Bonchev–Trinajstić information content (AvgIpc) is 3.20. The minimum Gasteiger partial charge on any atom is -0.508 e. The maximum Gasteiger partial charge on any atom is 0.534 e. The second kappa shape index (κ2) is 17.4. The Hall–Kier alpha value is -7.46. The first-order valence-corrected chi connectivity index (χ1v) is 22.0. The first kappa shape index (κ1) is 47.5. The number of aryl methyl sites for hydroxylation is 2. The van der Waals surface area contributed by atoms with Crippen LogP contribution in [0.25, 0.3) is 66.8 Å². The zero-order valence-electron chi connectivity index (χ0n) is 37.4.